The Balaban J connectivity index is 2.41. The van der Waals surface area contributed by atoms with Gasteiger partial charge in [0.2, 0.25) is 0 Å². The van der Waals surface area contributed by atoms with Gasteiger partial charge in [-0.3, -0.25) is 0 Å². The van der Waals surface area contributed by atoms with Crippen LogP contribution in [-0.2, 0) is 5.41 Å². The Hall–Kier alpha value is -0.860. The molecule has 0 amide bonds. The predicted molar refractivity (Wildman–Crippen MR) is 65.7 cm³/mol. The van der Waals surface area contributed by atoms with E-state index >= 15 is 0 Å². The Kier molecular flexibility index (Phi) is 2.81. The first-order valence-electron chi connectivity index (χ1n) is 4.77. The van der Waals surface area contributed by atoms with E-state index in [1.807, 2.05) is 23.7 Å². The van der Waals surface area contributed by atoms with Crippen molar-refractivity contribution in [2.24, 2.45) is 0 Å². The van der Waals surface area contributed by atoms with Crippen molar-refractivity contribution in [1.29, 1.82) is 0 Å². The molecule has 0 saturated heterocycles. The maximum Gasteiger partial charge on any atom is 0.102 e. The number of hydrogen-bond donors (Lipinski definition) is 0. The molecule has 0 fully saturated rings. The standard InChI is InChI=1S/C12H12ClNS/c1-12(2,11-14-7-8-15-11)9-3-5-10(13)6-4-9/h3-8H,1-2H3. The minimum atomic E-state index is -0.0429. The van der Waals surface area contributed by atoms with Crippen molar-refractivity contribution in [1.82, 2.24) is 4.98 Å². The van der Waals surface area contributed by atoms with Crippen LogP contribution in [-0.4, -0.2) is 4.98 Å². The van der Waals surface area contributed by atoms with Gasteiger partial charge in [0.15, 0.2) is 0 Å². The monoisotopic (exact) mass is 237 g/mol. The summed E-state index contributed by atoms with van der Waals surface area (Å²) < 4.78 is 0. The molecule has 1 aromatic carbocycles. The topological polar surface area (TPSA) is 12.9 Å². The summed E-state index contributed by atoms with van der Waals surface area (Å²) >= 11 is 7.56. The van der Waals surface area contributed by atoms with Crippen LogP contribution in [0.4, 0.5) is 0 Å². The molecule has 0 aliphatic rings. The Bertz CT molecular complexity index is 431. The van der Waals surface area contributed by atoms with Gasteiger partial charge in [0.1, 0.15) is 5.01 Å². The molecular weight excluding hydrogens is 226 g/mol. The molecule has 2 aromatic rings. The first kappa shape index (κ1) is 10.7. The van der Waals surface area contributed by atoms with Crippen molar-refractivity contribution >= 4 is 22.9 Å². The van der Waals surface area contributed by atoms with Crippen LogP contribution in [0, 0.1) is 0 Å². The zero-order valence-electron chi connectivity index (χ0n) is 8.70. The highest BCUT2D eigenvalue weighted by atomic mass is 35.5. The summed E-state index contributed by atoms with van der Waals surface area (Å²) in [7, 11) is 0. The average Bonchev–Trinajstić information content (AvgIpc) is 2.71. The van der Waals surface area contributed by atoms with E-state index in [0.29, 0.717) is 0 Å². The lowest BCUT2D eigenvalue weighted by molar-refractivity contribution is 0.635. The van der Waals surface area contributed by atoms with E-state index < -0.39 is 0 Å². The van der Waals surface area contributed by atoms with Crippen LogP contribution in [0.1, 0.15) is 24.4 Å². The largest absolute Gasteiger partial charge is 0.249 e. The Labute approximate surface area is 98.7 Å². The molecular formula is C12H12ClNS. The van der Waals surface area contributed by atoms with Crippen molar-refractivity contribution in [3.8, 4) is 0 Å². The number of nitrogens with zero attached hydrogens (tertiary/aromatic N) is 1. The second kappa shape index (κ2) is 3.95. The summed E-state index contributed by atoms with van der Waals surface area (Å²) in [6.45, 7) is 4.35. The number of benzene rings is 1. The van der Waals surface area contributed by atoms with E-state index in [0.717, 1.165) is 10.0 Å². The van der Waals surface area contributed by atoms with Gasteiger partial charge in [0.25, 0.3) is 0 Å². The molecule has 1 aromatic heterocycles. The van der Waals surface area contributed by atoms with E-state index in [9.17, 15) is 0 Å². The van der Waals surface area contributed by atoms with E-state index in [4.69, 9.17) is 11.6 Å². The molecule has 0 atom stereocenters. The molecule has 78 valence electrons. The first-order chi connectivity index (χ1) is 7.10. The lowest BCUT2D eigenvalue weighted by Crippen LogP contribution is -2.18. The summed E-state index contributed by atoms with van der Waals surface area (Å²) in [5.41, 5.74) is 1.19. The summed E-state index contributed by atoms with van der Waals surface area (Å²) in [5.74, 6) is 0. The summed E-state index contributed by atoms with van der Waals surface area (Å²) in [6.07, 6.45) is 1.84. The van der Waals surface area contributed by atoms with Crippen molar-refractivity contribution < 1.29 is 0 Å². The molecule has 0 N–H and O–H groups in total. The van der Waals surface area contributed by atoms with Crippen molar-refractivity contribution in [3.05, 3.63) is 51.4 Å². The van der Waals surface area contributed by atoms with Gasteiger partial charge >= 0.3 is 0 Å². The van der Waals surface area contributed by atoms with Gasteiger partial charge in [-0.05, 0) is 31.5 Å². The van der Waals surface area contributed by atoms with Gasteiger partial charge in [-0.2, -0.15) is 0 Å². The summed E-state index contributed by atoms with van der Waals surface area (Å²) in [4.78, 5) is 4.37. The van der Waals surface area contributed by atoms with Crippen molar-refractivity contribution in [2.75, 3.05) is 0 Å². The van der Waals surface area contributed by atoms with Crippen molar-refractivity contribution in [3.63, 3.8) is 0 Å². The van der Waals surface area contributed by atoms with E-state index in [1.165, 1.54) is 5.56 Å². The number of aromatic nitrogens is 1. The fraction of sp³-hybridized carbons (Fsp3) is 0.250. The molecule has 1 nitrogen and oxygen atoms in total. The molecule has 15 heavy (non-hydrogen) atoms. The van der Waals surface area contributed by atoms with Gasteiger partial charge in [-0.1, -0.05) is 23.7 Å². The average molecular weight is 238 g/mol. The number of halogens is 1. The number of thiazole rings is 1. The van der Waals surface area contributed by atoms with Gasteiger partial charge in [-0.15, -0.1) is 11.3 Å². The Morgan fingerprint density at radius 3 is 2.40 bits per heavy atom. The third kappa shape index (κ3) is 2.06. The number of hydrogen-bond acceptors (Lipinski definition) is 2. The van der Waals surface area contributed by atoms with E-state index in [-0.39, 0.29) is 5.41 Å². The highest BCUT2D eigenvalue weighted by Crippen LogP contribution is 2.32. The molecule has 0 radical (unpaired) electrons. The fourth-order valence-corrected chi connectivity index (χ4v) is 2.43. The Morgan fingerprint density at radius 1 is 1.20 bits per heavy atom. The van der Waals surface area contributed by atoms with Gasteiger partial charge in [0.05, 0.1) is 0 Å². The normalized spacial score (nSPS) is 11.7. The molecule has 3 heteroatoms. The van der Waals surface area contributed by atoms with Gasteiger partial charge in [0, 0.05) is 22.0 Å². The van der Waals surface area contributed by atoms with Crippen LogP contribution >= 0.6 is 22.9 Å². The molecule has 0 saturated carbocycles. The number of rotatable bonds is 2. The third-order valence-corrected chi connectivity index (χ3v) is 3.88. The lowest BCUT2D eigenvalue weighted by atomic mass is 9.85. The predicted octanol–water partition coefficient (Wildman–Crippen LogP) is 4.12. The quantitative estimate of drug-likeness (QED) is 0.766. The highest BCUT2D eigenvalue weighted by molar-refractivity contribution is 7.09. The van der Waals surface area contributed by atoms with E-state index in [2.05, 4.69) is 31.0 Å². The SMILES string of the molecule is CC(C)(c1ccc(Cl)cc1)c1nccs1. The molecule has 0 spiro atoms. The van der Waals surface area contributed by atoms with Crippen LogP contribution in [0.5, 0.6) is 0 Å². The van der Waals surface area contributed by atoms with Crippen LogP contribution in [0.3, 0.4) is 0 Å². The minimum Gasteiger partial charge on any atom is -0.249 e. The van der Waals surface area contributed by atoms with Crippen LogP contribution < -0.4 is 0 Å². The van der Waals surface area contributed by atoms with Gasteiger partial charge < -0.3 is 0 Å². The second-order valence-corrected chi connectivity index (χ2v) is 5.30. The summed E-state index contributed by atoms with van der Waals surface area (Å²) in [6, 6.07) is 7.96. The highest BCUT2D eigenvalue weighted by Gasteiger charge is 2.25. The van der Waals surface area contributed by atoms with Crippen LogP contribution in [0.2, 0.25) is 5.02 Å². The molecule has 0 aliphatic heterocycles. The second-order valence-electron chi connectivity index (χ2n) is 3.97. The molecule has 0 aliphatic carbocycles. The van der Waals surface area contributed by atoms with Gasteiger partial charge in [-0.25, -0.2) is 4.98 Å². The van der Waals surface area contributed by atoms with Crippen LogP contribution in [0.25, 0.3) is 0 Å². The maximum absolute atomic E-state index is 5.87. The Morgan fingerprint density at radius 2 is 1.87 bits per heavy atom. The first-order valence-corrected chi connectivity index (χ1v) is 6.02. The fourth-order valence-electron chi connectivity index (χ4n) is 1.52. The van der Waals surface area contributed by atoms with Crippen molar-refractivity contribution in [2.45, 2.75) is 19.3 Å². The third-order valence-electron chi connectivity index (χ3n) is 2.53. The zero-order valence-corrected chi connectivity index (χ0v) is 10.3. The lowest BCUT2D eigenvalue weighted by Gasteiger charge is -2.22. The molecule has 0 unspecified atom stereocenters. The van der Waals surface area contributed by atoms with E-state index in [1.54, 1.807) is 11.3 Å². The molecule has 0 bridgehead atoms. The maximum atomic E-state index is 5.87. The minimum absolute atomic E-state index is 0.0429. The smallest absolute Gasteiger partial charge is 0.102 e. The van der Waals surface area contributed by atoms with Crippen LogP contribution in [0.15, 0.2) is 35.8 Å². The molecule has 2 rings (SSSR count). The summed E-state index contributed by atoms with van der Waals surface area (Å²) in [5, 5.41) is 3.91. The zero-order chi connectivity index (χ0) is 10.9. The molecule has 1 heterocycles.